The molecule has 2 aromatic carbocycles. The molecule has 2 aromatic rings. The Kier molecular flexibility index (Phi) is 6.35. The third-order valence-electron chi connectivity index (χ3n) is 6.23. The molecule has 0 spiro atoms. The molecule has 0 radical (unpaired) electrons. The predicted octanol–water partition coefficient (Wildman–Crippen LogP) is 4.02. The maximum absolute atomic E-state index is 13.2. The number of rotatable bonds is 6. The van der Waals surface area contributed by atoms with Crippen molar-refractivity contribution in [2.24, 2.45) is 11.0 Å². The first-order valence-corrected chi connectivity index (χ1v) is 10.9. The summed E-state index contributed by atoms with van der Waals surface area (Å²) in [6, 6.07) is 17.5. The lowest BCUT2D eigenvalue weighted by atomic mass is 9.98. The van der Waals surface area contributed by atoms with Crippen molar-refractivity contribution in [3.05, 3.63) is 65.7 Å². The first-order chi connectivity index (χ1) is 15.1. The van der Waals surface area contributed by atoms with E-state index in [0.717, 1.165) is 48.3 Å². The van der Waals surface area contributed by atoms with Crippen LogP contribution in [0.1, 0.15) is 49.3 Å². The first kappa shape index (κ1) is 21.1. The Morgan fingerprint density at radius 1 is 1.06 bits per heavy atom. The van der Waals surface area contributed by atoms with E-state index < -0.39 is 0 Å². The van der Waals surface area contributed by atoms with E-state index in [2.05, 4.69) is 0 Å². The lowest BCUT2D eigenvalue weighted by Gasteiger charge is -2.26. The number of hydrogen-bond acceptors (Lipinski definition) is 4. The number of carbonyl (C=O) groups excluding carboxylic acids is 2. The van der Waals surface area contributed by atoms with E-state index in [0.29, 0.717) is 6.42 Å². The molecule has 1 aliphatic carbocycles. The molecule has 0 saturated heterocycles. The normalized spacial score (nSPS) is 18.7. The van der Waals surface area contributed by atoms with Gasteiger partial charge in [0.05, 0.1) is 18.9 Å². The fourth-order valence-electron chi connectivity index (χ4n) is 4.47. The van der Waals surface area contributed by atoms with Crippen molar-refractivity contribution in [2.75, 3.05) is 20.7 Å². The maximum atomic E-state index is 13.2. The number of hydrazone groups is 1. The van der Waals surface area contributed by atoms with Crippen LogP contribution in [0.4, 0.5) is 0 Å². The SMILES string of the molecule is COc1ccc(C2=NN(C(=O)CN(C)C(=O)C3CCCC3)[C@@H](c3ccccc3)C2)cc1. The van der Waals surface area contributed by atoms with Crippen LogP contribution in [-0.2, 0) is 9.59 Å². The van der Waals surface area contributed by atoms with E-state index in [4.69, 9.17) is 9.84 Å². The number of methoxy groups -OCH3 is 1. The third kappa shape index (κ3) is 4.63. The monoisotopic (exact) mass is 419 g/mol. The fourth-order valence-corrected chi connectivity index (χ4v) is 4.47. The molecule has 1 aliphatic heterocycles. The van der Waals surface area contributed by atoms with E-state index in [-0.39, 0.29) is 30.3 Å². The van der Waals surface area contributed by atoms with Crippen LogP contribution in [0.2, 0.25) is 0 Å². The quantitative estimate of drug-likeness (QED) is 0.710. The number of benzene rings is 2. The Balaban J connectivity index is 1.55. The largest absolute Gasteiger partial charge is 0.497 e. The number of amides is 2. The molecule has 1 fully saturated rings. The highest BCUT2D eigenvalue weighted by atomic mass is 16.5. The van der Waals surface area contributed by atoms with Crippen LogP contribution in [0.15, 0.2) is 59.7 Å². The lowest BCUT2D eigenvalue weighted by Crippen LogP contribution is -2.41. The van der Waals surface area contributed by atoms with Crippen molar-refractivity contribution in [3.63, 3.8) is 0 Å². The van der Waals surface area contributed by atoms with Gasteiger partial charge in [0.1, 0.15) is 12.3 Å². The van der Waals surface area contributed by atoms with Gasteiger partial charge in [-0.1, -0.05) is 43.2 Å². The molecule has 2 amide bonds. The van der Waals surface area contributed by atoms with E-state index in [1.165, 1.54) is 0 Å². The summed E-state index contributed by atoms with van der Waals surface area (Å²) in [5.41, 5.74) is 2.86. The number of hydrogen-bond donors (Lipinski definition) is 0. The summed E-state index contributed by atoms with van der Waals surface area (Å²) in [5, 5.41) is 6.27. The van der Waals surface area contributed by atoms with Gasteiger partial charge in [-0.05, 0) is 48.2 Å². The molecule has 162 valence electrons. The van der Waals surface area contributed by atoms with Crippen LogP contribution in [0.3, 0.4) is 0 Å². The van der Waals surface area contributed by atoms with E-state index >= 15 is 0 Å². The summed E-state index contributed by atoms with van der Waals surface area (Å²) in [7, 11) is 3.36. The fraction of sp³-hybridized carbons (Fsp3) is 0.400. The van der Waals surface area contributed by atoms with Gasteiger partial charge in [-0.15, -0.1) is 0 Å². The van der Waals surface area contributed by atoms with Gasteiger partial charge < -0.3 is 9.64 Å². The highest BCUT2D eigenvalue weighted by Gasteiger charge is 2.34. The topological polar surface area (TPSA) is 62.2 Å². The summed E-state index contributed by atoms with van der Waals surface area (Å²) >= 11 is 0. The highest BCUT2D eigenvalue weighted by Crippen LogP contribution is 2.33. The van der Waals surface area contributed by atoms with E-state index in [1.807, 2.05) is 54.6 Å². The van der Waals surface area contributed by atoms with Crippen LogP contribution in [0, 0.1) is 5.92 Å². The highest BCUT2D eigenvalue weighted by molar-refractivity contribution is 6.03. The van der Waals surface area contributed by atoms with E-state index in [1.54, 1.807) is 24.1 Å². The average Bonchev–Trinajstić information content (AvgIpc) is 3.50. The van der Waals surface area contributed by atoms with Gasteiger partial charge in [-0.25, -0.2) is 5.01 Å². The molecular weight excluding hydrogens is 390 g/mol. The van der Waals surface area contributed by atoms with Gasteiger partial charge in [-0.3, -0.25) is 9.59 Å². The molecule has 31 heavy (non-hydrogen) atoms. The zero-order chi connectivity index (χ0) is 21.8. The standard InChI is InChI=1S/C25H29N3O3/c1-27(25(30)20-10-6-7-11-20)17-24(29)28-23(19-8-4-3-5-9-19)16-22(26-28)18-12-14-21(31-2)15-13-18/h3-5,8-9,12-15,20,23H,6-7,10-11,16-17H2,1-2H3/t23-/m1/s1. The summed E-state index contributed by atoms with van der Waals surface area (Å²) < 4.78 is 5.25. The Hall–Kier alpha value is -3.15. The van der Waals surface area contributed by atoms with Crippen molar-refractivity contribution >= 4 is 17.5 Å². The molecule has 0 bridgehead atoms. The van der Waals surface area contributed by atoms with Gasteiger partial charge in [-0.2, -0.15) is 5.10 Å². The number of nitrogens with zero attached hydrogens (tertiary/aromatic N) is 3. The van der Waals surface area contributed by atoms with Gasteiger partial charge in [0.25, 0.3) is 5.91 Å². The van der Waals surface area contributed by atoms with Crippen molar-refractivity contribution in [2.45, 2.75) is 38.1 Å². The maximum Gasteiger partial charge on any atom is 0.262 e. The Morgan fingerprint density at radius 3 is 2.39 bits per heavy atom. The molecule has 1 saturated carbocycles. The van der Waals surface area contributed by atoms with Crippen LogP contribution >= 0.6 is 0 Å². The second-order valence-corrected chi connectivity index (χ2v) is 8.32. The van der Waals surface area contributed by atoms with Crippen LogP contribution in [-0.4, -0.2) is 48.1 Å². The molecule has 4 rings (SSSR count). The zero-order valence-corrected chi connectivity index (χ0v) is 18.2. The smallest absolute Gasteiger partial charge is 0.262 e. The second-order valence-electron chi connectivity index (χ2n) is 8.32. The minimum atomic E-state index is -0.180. The number of carbonyl (C=O) groups is 2. The number of likely N-dealkylation sites (N-methyl/N-ethyl adjacent to an activating group) is 1. The molecule has 1 atom stereocenters. The predicted molar refractivity (Wildman–Crippen MR) is 120 cm³/mol. The second kappa shape index (κ2) is 9.33. The Morgan fingerprint density at radius 2 is 1.74 bits per heavy atom. The van der Waals surface area contributed by atoms with Crippen LogP contribution in [0.25, 0.3) is 0 Å². The molecule has 0 unspecified atom stereocenters. The van der Waals surface area contributed by atoms with Gasteiger partial charge in [0.2, 0.25) is 5.91 Å². The van der Waals surface area contributed by atoms with Gasteiger partial charge in [0, 0.05) is 19.4 Å². The average molecular weight is 420 g/mol. The summed E-state index contributed by atoms with van der Waals surface area (Å²) in [5.74, 6) is 0.744. The summed E-state index contributed by atoms with van der Waals surface area (Å²) in [4.78, 5) is 27.5. The van der Waals surface area contributed by atoms with Gasteiger partial charge in [0.15, 0.2) is 0 Å². The van der Waals surface area contributed by atoms with E-state index in [9.17, 15) is 9.59 Å². The summed E-state index contributed by atoms with van der Waals surface area (Å²) in [6.07, 6.45) is 4.66. The first-order valence-electron chi connectivity index (χ1n) is 10.9. The minimum absolute atomic E-state index is 0.0397. The number of ether oxygens (including phenoxy) is 1. The Labute approximate surface area is 183 Å². The zero-order valence-electron chi connectivity index (χ0n) is 18.2. The molecule has 0 N–H and O–H groups in total. The third-order valence-corrected chi connectivity index (χ3v) is 6.23. The van der Waals surface area contributed by atoms with Crippen molar-refractivity contribution < 1.29 is 14.3 Å². The van der Waals surface area contributed by atoms with Crippen molar-refractivity contribution in [3.8, 4) is 5.75 Å². The molecular formula is C25H29N3O3. The molecule has 6 heteroatoms. The van der Waals surface area contributed by atoms with Crippen molar-refractivity contribution in [1.82, 2.24) is 9.91 Å². The molecule has 2 aliphatic rings. The van der Waals surface area contributed by atoms with Crippen LogP contribution in [0.5, 0.6) is 5.75 Å². The molecule has 6 nitrogen and oxygen atoms in total. The Bertz CT molecular complexity index is 950. The summed E-state index contributed by atoms with van der Waals surface area (Å²) in [6.45, 7) is 0.0397. The minimum Gasteiger partial charge on any atom is -0.497 e. The lowest BCUT2D eigenvalue weighted by molar-refractivity contribution is -0.142. The van der Waals surface area contributed by atoms with Crippen molar-refractivity contribution in [1.29, 1.82) is 0 Å². The van der Waals surface area contributed by atoms with Crippen LogP contribution < -0.4 is 4.74 Å². The molecule has 1 heterocycles. The molecule has 0 aromatic heterocycles. The van der Waals surface area contributed by atoms with Gasteiger partial charge >= 0.3 is 0 Å².